The molecule has 2 aromatic rings. The van der Waals surface area contributed by atoms with E-state index in [0.29, 0.717) is 17.4 Å². The first-order valence-electron chi connectivity index (χ1n) is 10.3. The van der Waals surface area contributed by atoms with Gasteiger partial charge in [0.25, 0.3) is 0 Å². The molecule has 1 aromatic heterocycles. The normalized spacial score (nSPS) is 16.0. The van der Waals surface area contributed by atoms with Crippen molar-refractivity contribution in [3.05, 3.63) is 51.7 Å². The van der Waals surface area contributed by atoms with Gasteiger partial charge in [-0.2, -0.15) is 0 Å². The van der Waals surface area contributed by atoms with Gasteiger partial charge < -0.3 is 10.6 Å². The molecule has 3 rings (SSSR count). The van der Waals surface area contributed by atoms with Crippen LogP contribution in [0.25, 0.3) is 0 Å². The molecular weight excluding hydrogens is 543 g/mol. The van der Waals surface area contributed by atoms with Crippen LogP contribution in [0.15, 0.2) is 45.6 Å². The van der Waals surface area contributed by atoms with Gasteiger partial charge in [0.2, 0.25) is 0 Å². The molecule has 1 fully saturated rings. The summed E-state index contributed by atoms with van der Waals surface area (Å²) >= 11 is 1.83. The minimum absolute atomic E-state index is 0. The standard InChI is InChI=1S/C22H32N4O2S2.HI/c1-17-13-19(6-7-21(17)30(3,27)28)15-25-22(23-2)24-14-18-8-10-26(11-9-18)16-20-5-4-12-29-20;/h4-7,12-13,18H,8-11,14-16H2,1-3H3,(H2,23,24,25);1H. The average Bonchev–Trinajstić information content (AvgIpc) is 3.21. The fraction of sp³-hybridized carbons (Fsp3) is 0.500. The number of halogens is 1. The Morgan fingerprint density at radius 1 is 1.23 bits per heavy atom. The van der Waals surface area contributed by atoms with Crippen LogP contribution in [0.3, 0.4) is 0 Å². The molecule has 172 valence electrons. The fourth-order valence-corrected chi connectivity index (χ4v) is 5.56. The van der Waals surface area contributed by atoms with Gasteiger partial charge in [-0.25, -0.2) is 8.42 Å². The van der Waals surface area contributed by atoms with E-state index >= 15 is 0 Å². The molecular formula is C22H33IN4O2S2. The molecule has 1 aliphatic rings. The summed E-state index contributed by atoms with van der Waals surface area (Å²) in [7, 11) is -1.41. The highest BCUT2D eigenvalue weighted by Gasteiger charge is 2.19. The maximum atomic E-state index is 11.8. The lowest BCUT2D eigenvalue weighted by Crippen LogP contribution is -2.42. The molecule has 0 radical (unpaired) electrons. The second kappa shape index (κ2) is 12.2. The minimum Gasteiger partial charge on any atom is -0.356 e. The zero-order valence-electron chi connectivity index (χ0n) is 18.4. The number of sulfone groups is 1. The van der Waals surface area contributed by atoms with E-state index in [9.17, 15) is 8.42 Å². The highest BCUT2D eigenvalue weighted by atomic mass is 127. The Hall–Kier alpha value is -1.17. The Balaban J connectivity index is 0.00000341. The zero-order valence-corrected chi connectivity index (χ0v) is 22.4. The first-order chi connectivity index (χ1) is 14.3. The number of benzene rings is 1. The number of aliphatic imine (C=N–C) groups is 1. The fourth-order valence-electron chi connectivity index (χ4n) is 3.86. The number of nitrogens with zero attached hydrogens (tertiary/aromatic N) is 2. The second-order valence-corrected chi connectivity index (χ2v) is 11.0. The third-order valence-electron chi connectivity index (χ3n) is 5.55. The maximum Gasteiger partial charge on any atom is 0.191 e. The highest BCUT2D eigenvalue weighted by Crippen LogP contribution is 2.20. The van der Waals surface area contributed by atoms with Gasteiger partial charge in [0, 0.05) is 37.8 Å². The molecule has 9 heteroatoms. The number of rotatable bonds is 7. The van der Waals surface area contributed by atoms with Crippen molar-refractivity contribution in [3.8, 4) is 0 Å². The van der Waals surface area contributed by atoms with Crippen molar-refractivity contribution in [3.63, 3.8) is 0 Å². The molecule has 0 unspecified atom stereocenters. The molecule has 6 nitrogen and oxygen atoms in total. The molecule has 1 saturated heterocycles. The van der Waals surface area contributed by atoms with Crippen molar-refractivity contribution in [1.82, 2.24) is 15.5 Å². The van der Waals surface area contributed by atoms with Gasteiger partial charge in [-0.05, 0) is 67.4 Å². The number of aryl methyl sites for hydroxylation is 1. The lowest BCUT2D eigenvalue weighted by molar-refractivity contribution is 0.179. The van der Waals surface area contributed by atoms with Crippen LogP contribution < -0.4 is 10.6 Å². The monoisotopic (exact) mass is 576 g/mol. The van der Waals surface area contributed by atoms with Gasteiger partial charge in [0.15, 0.2) is 15.8 Å². The van der Waals surface area contributed by atoms with Crippen LogP contribution in [-0.2, 0) is 22.9 Å². The number of hydrogen-bond acceptors (Lipinski definition) is 5. The van der Waals surface area contributed by atoms with Crippen LogP contribution in [0, 0.1) is 12.8 Å². The molecule has 2 heterocycles. The zero-order chi connectivity index (χ0) is 21.6. The largest absolute Gasteiger partial charge is 0.356 e. The van der Waals surface area contributed by atoms with E-state index in [1.54, 1.807) is 13.1 Å². The Kier molecular flexibility index (Phi) is 10.2. The van der Waals surface area contributed by atoms with Crippen molar-refractivity contribution in [2.75, 3.05) is 32.9 Å². The molecule has 0 saturated carbocycles. The number of nitrogens with one attached hydrogen (secondary N) is 2. The third kappa shape index (κ3) is 8.03. The molecule has 0 atom stereocenters. The Morgan fingerprint density at radius 2 is 1.97 bits per heavy atom. The van der Waals surface area contributed by atoms with Gasteiger partial charge in [-0.15, -0.1) is 35.3 Å². The molecule has 1 aliphatic heterocycles. The van der Waals surface area contributed by atoms with Crippen LogP contribution in [0.2, 0.25) is 0 Å². The first-order valence-corrected chi connectivity index (χ1v) is 13.1. The van der Waals surface area contributed by atoms with E-state index < -0.39 is 9.84 Å². The predicted octanol–water partition coefficient (Wildman–Crippen LogP) is 3.66. The van der Waals surface area contributed by atoms with Crippen molar-refractivity contribution in [2.24, 2.45) is 10.9 Å². The number of piperidine rings is 1. The van der Waals surface area contributed by atoms with Gasteiger partial charge in [-0.3, -0.25) is 9.89 Å². The molecule has 0 amide bonds. The minimum atomic E-state index is -3.19. The number of guanidine groups is 1. The van der Waals surface area contributed by atoms with E-state index in [1.165, 1.54) is 24.0 Å². The van der Waals surface area contributed by atoms with E-state index in [4.69, 9.17) is 0 Å². The van der Waals surface area contributed by atoms with E-state index in [1.807, 2.05) is 30.4 Å². The number of hydrogen-bond donors (Lipinski definition) is 2. The summed E-state index contributed by atoms with van der Waals surface area (Å²) in [6, 6.07) is 9.79. The van der Waals surface area contributed by atoms with Gasteiger partial charge >= 0.3 is 0 Å². The molecule has 1 aromatic carbocycles. The highest BCUT2D eigenvalue weighted by molar-refractivity contribution is 14.0. The lowest BCUT2D eigenvalue weighted by Gasteiger charge is -2.32. The SMILES string of the molecule is CN=C(NCc1ccc(S(C)(=O)=O)c(C)c1)NCC1CCN(Cc2cccs2)CC1.I. The second-order valence-electron chi connectivity index (χ2n) is 7.98. The molecule has 31 heavy (non-hydrogen) atoms. The van der Waals surface area contributed by atoms with Crippen molar-refractivity contribution < 1.29 is 8.42 Å². The smallest absolute Gasteiger partial charge is 0.191 e. The van der Waals surface area contributed by atoms with Crippen LogP contribution in [-0.4, -0.2) is 52.2 Å². The predicted molar refractivity (Wildman–Crippen MR) is 140 cm³/mol. The lowest BCUT2D eigenvalue weighted by atomic mass is 9.97. The summed E-state index contributed by atoms with van der Waals surface area (Å²) in [5.74, 6) is 1.43. The van der Waals surface area contributed by atoms with Crippen LogP contribution in [0.1, 0.15) is 28.8 Å². The van der Waals surface area contributed by atoms with Gasteiger partial charge in [0.05, 0.1) is 4.90 Å². The maximum absolute atomic E-state index is 11.8. The third-order valence-corrected chi connectivity index (χ3v) is 7.67. The first kappa shape index (κ1) is 26.1. The van der Waals surface area contributed by atoms with Gasteiger partial charge in [-0.1, -0.05) is 18.2 Å². The summed E-state index contributed by atoms with van der Waals surface area (Å²) in [6.07, 6.45) is 3.63. The topological polar surface area (TPSA) is 73.8 Å². The van der Waals surface area contributed by atoms with E-state index in [0.717, 1.165) is 43.3 Å². The summed E-state index contributed by atoms with van der Waals surface area (Å²) in [6.45, 7) is 6.70. The van der Waals surface area contributed by atoms with Crippen LogP contribution in [0.4, 0.5) is 0 Å². The summed E-state index contributed by atoms with van der Waals surface area (Å²) in [4.78, 5) is 8.69. The number of likely N-dealkylation sites (tertiary alicyclic amines) is 1. The quantitative estimate of drug-likeness (QED) is 0.299. The van der Waals surface area contributed by atoms with Gasteiger partial charge in [0.1, 0.15) is 0 Å². The number of thiophene rings is 1. The Bertz CT molecular complexity index is 954. The molecule has 0 bridgehead atoms. The van der Waals surface area contributed by atoms with Crippen molar-refractivity contribution in [2.45, 2.75) is 37.8 Å². The molecule has 2 N–H and O–H groups in total. The Labute approximate surface area is 207 Å². The average molecular weight is 577 g/mol. The molecule has 0 spiro atoms. The Morgan fingerprint density at radius 3 is 2.55 bits per heavy atom. The summed E-state index contributed by atoms with van der Waals surface area (Å²) < 4.78 is 23.5. The summed E-state index contributed by atoms with van der Waals surface area (Å²) in [5.41, 5.74) is 1.80. The van der Waals surface area contributed by atoms with E-state index in [2.05, 4.69) is 38.0 Å². The molecule has 0 aliphatic carbocycles. The van der Waals surface area contributed by atoms with Crippen molar-refractivity contribution >= 4 is 51.1 Å². The summed E-state index contributed by atoms with van der Waals surface area (Å²) in [5, 5.41) is 8.92. The van der Waals surface area contributed by atoms with Crippen molar-refractivity contribution in [1.29, 1.82) is 0 Å². The van der Waals surface area contributed by atoms with Crippen LogP contribution in [0.5, 0.6) is 0 Å². The van der Waals surface area contributed by atoms with Crippen LogP contribution >= 0.6 is 35.3 Å². The van der Waals surface area contributed by atoms with E-state index in [-0.39, 0.29) is 24.0 Å².